The van der Waals surface area contributed by atoms with E-state index in [-0.39, 0.29) is 17.2 Å². The molecule has 138 valence electrons. The van der Waals surface area contributed by atoms with Crippen molar-refractivity contribution < 1.29 is 14.1 Å². The highest BCUT2D eigenvalue weighted by Crippen LogP contribution is 2.30. The van der Waals surface area contributed by atoms with Gasteiger partial charge in [-0.1, -0.05) is 6.07 Å². The van der Waals surface area contributed by atoms with E-state index in [4.69, 9.17) is 0 Å². The quantitative estimate of drug-likeness (QED) is 0.395. The smallest absolute Gasteiger partial charge is 0.278 e. The van der Waals surface area contributed by atoms with Gasteiger partial charge in [0.25, 0.3) is 11.6 Å². The molecule has 7 nitrogen and oxygen atoms in total. The highest BCUT2D eigenvalue weighted by Gasteiger charge is 2.14. The molecule has 8 heteroatoms. The number of nitrogens with one attached hydrogen (secondary N) is 2. The van der Waals surface area contributed by atoms with Crippen molar-refractivity contribution in [1.29, 1.82) is 0 Å². The van der Waals surface area contributed by atoms with Crippen LogP contribution in [0, 0.1) is 22.9 Å². The first-order chi connectivity index (χ1) is 13.0. The first-order valence-electron chi connectivity index (χ1n) is 8.26. The second-order valence-electron chi connectivity index (χ2n) is 5.96. The van der Waals surface area contributed by atoms with Crippen LogP contribution in [0.3, 0.4) is 0 Å². The highest BCUT2D eigenvalue weighted by molar-refractivity contribution is 5.99. The molecule has 0 bridgehead atoms. The number of non-ortho nitro benzene ring substituents is 1. The number of rotatable bonds is 6. The Balaban J connectivity index is 1.64. The van der Waals surface area contributed by atoms with Crippen LogP contribution in [0.4, 0.5) is 15.8 Å². The summed E-state index contributed by atoms with van der Waals surface area (Å²) in [5.74, 6) is -0.791. The predicted octanol–water partition coefficient (Wildman–Crippen LogP) is 3.43. The number of carbonyl (C=O) groups is 1. The van der Waals surface area contributed by atoms with Gasteiger partial charge in [-0.25, -0.2) is 4.39 Å². The third-order valence-corrected chi connectivity index (χ3v) is 4.15. The summed E-state index contributed by atoms with van der Waals surface area (Å²) in [6, 6.07) is 9.06. The van der Waals surface area contributed by atoms with Crippen LogP contribution in [-0.2, 0) is 0 Å². The number of halogens is 1. The minimum atomic E-state index is -0.450. The summed E-state index contributed by atoms with van der Waals surface area (Å²) in [5, 5.41) is 18.1. The molecule has 0 radical (unpaired) electrons. The monoisotopic (exact) mass is 368 g/mol. The zero-order chi connectivity index (χ0) is 19.4. The van der Waals surface area contributed by atoms with Crippen molar-refractivity contribution in [3.63, 3.8) is 0 Å². The van der Waals surface area contributed by atoms with Gasteiger partial charge in [-0.3, -0.25) is 19.9 Å². The number of fused-ring (bicyclic) bond motifs is 1. The first-order valence-corrected chi connectivity index (χ1v) is 8.26. The second-order valence-corrected chi connectivity index (χ2v) is 5.96. The lowest BCUT2D eigenvalue weighted by atomic mass is 10.1. The summed E-state index contributed by atoms with van der Waals surface area (Å²) in [4.78, 5) is 26.7. The largest absolute Gasteiger partial charge is 0.383 e. The summed E-state index contributed by atoms with van der Waals surface area (Å²) in [5.41, 5.74) is 1.42. The standard InChI is InChI=1S/C19H17FN4O3/c1-12-2-3-13(10-16(12)20)19(25)23-9-8-22-17-4-5-18(24(26)27)15-11-21-7-6-14(15)17/h2-7,10-11,22H,8-9H2,1H3,(H,23,25). The van der Waals surface area contributed by atoms with Gasteiger partial charge in [-0.15, -0.1) is 0 Å². The molecule has 0 spiro atoms. The van der Waals surface area contributed by atoms with E-state index >= 15 is 0 Å². The van der Waals surface area contributed by atoms with Crippen molar-refractivity contribution in [2.45, 2.75) is 6.92 Å². The summed E-state index contributed by atoms with van der Waals surface area (Å²) in [6.45, 7) is 2.33. The Kier molecular flexibility index (Phi) is 5.25. The van der Waals surface area contributed by atoms with E-state index in [1.54, 1.807) is 37.4 Å². The van der Waals surface area contributed by atoms with Gasteiger partial charge in [0, 0.05) is 48.2 Å². The zero-order valence-corrected chi connectivity index (χ0v) is 14.5. The van der Waals surface area contributed by atoms with E-state index in [1.165, 1.54) is 18.3 Å². The van der Waals surface area contributed by atoms with Gasteiger partial charge in [0.15, 0.2) is 0 Å². The normalized spacial score (nSPS) is 10.6. The van der Waals surface area contributed by atoms with Crippen LogP contribution < -0.4 is 10.6 Å². The Morgan fingerprint density at radius 1 is 1.19 bits per heavy atom. The number of amides is 1. The first kappa shape index (κ1) is 18.2. The molecule has 0 aliphatic rings. The molecule has 0 atom stereocenters. The molecule has 1 amide bonds. The molecule has 0 saturated heterocycles. The van der Waals surface area contributed by atoms with Gasteiger partial charge < -0.3 is 10.6 Å². The summed E-state index contributed by atoms with van der Waals surface area (Å²) in [6.07, 6.45) is 3.01. The van der Waals surface area contributed by atoms with E-state index in [0.29, 0.717) is 35.1 Å². The third kappa shape index (κ3) is 4.00. The Labute approximate surface area is 154 Å². The van der Waals surface area contributed by atoms with E-state index < -0.39 is 10.7 Å². The van der Waals surface area contributed by atoms with Crippen molar-refractivity contribution in [1.82, 2.24) is 10.3 Å². The predicted molar refractivity (Wildman–Crippen MR) is 100 cm³/mol. The van der Waals surface area contributed by atoms with Crippen LogP contribution in [0.2, 0.25) is 0 Å². The molecule has 27 heavy (non-hydrogen) atoms. The number of pyridine rings is 1. The fourth-order valence-corrected chi connectivity index (χ4v) is 2.70. The van der Waals surface area contributed by atoms with Crippen molar-refractivity contribution in [2.75, 3.05) is 18.4 Å². The maximum atomic E-state index is 13.5. The lowest BCUT2D eigenvalue weighted by Gasteiger charge is -2.11. The van der Waals surface area contributed by atoms with Crippen LogP contribution >= 0.6 is 0 Å². The van der Waals surface area contributed by atoms with Crippen LogP contribution in [0.15, 0.2) is 48.8 Å². The molecule has 3 aromatic rings. The molecule has 2 aromatic carbocycles. The van der Waals surface area contributed by atoms with Crippen molar-refractivity contribution >= 4 is 28.1 Å². The Bertz CT molecular complexity index is 1020. The van der Waals surface area contributed by atoms with Crippen LogP contribution in [0.1, 0.15) is 15.9 Å². The van der Waals surface area contributed by atoms with Crippen molar-refractivity contribution in [3.8, 4) is 0 Å². The second kappa shape index (κ2) is 7.77. The fraction of sp³-hybridized carbons (Fsp3) is 0.158. The Morgan fingerprint density at radius 2 is 2.00 bits per heavy atom. The molecular weight excluding hydrogens is 351 g/mol. The molecule has 0 fully saturated rings. The Hall–Kier alpha value is -3.55. The van der Waals surface area contributed by atoms with Crippen LogP contribution in [-0.4, -0.2) is 28.9 Å². The van der Waals surface area contributed by atoms with Crippen molar-refractivity contribution in [2.24, 2.45) is 0 Å². The molecular formula is C19H17FN4O3. The average molecular weight is 368 g/mol. The molecule has 2 N–H and O–H groups in total. The van der Waals surface area contributed by atoms with Crippen molar-refractivity contribution in [3.05, 3.63) is 75.9 Å². The number of anilines is 1. The lowest BCUT2D eigenvalue weighted by Crippen LogP contribution is -2.28. The van der Waals surface area contributed by atoms with Crippen LogP contribution in [0.25, 0.3) is 10.8 Å². The summed E-state index contributed by atoms with van der Waals surface area (Å²) >= 11 is 0. The van der Waals surface area contributed by atoms with Gasteiger partial charge >= 0.3 is 0 Å². The highest BCUT2D eigenvalue weighted by atomic mass is 19.1. The molecule has 0 unspecified atom stereocenters. The number of aryl methyl sites for hydroxylation is 1. The van der Waals surface area contributed by atoms with Gasteiger partial charge in [0.2, 0.25) is 0 Å². The third-order valence-electron chi connectivity index (χ3n) is 4.15. The number of nitro groups is 1. The van der Waals surface area contributed by atoms with Gasteiger partial charge in [-0.05, 0) is 36.8 Å². The molecule has 1 aromatic heterocycles. The molecule has 0 aliphatic heterocycles. The van der Waals surface area contributed by atoms with Gasteiger partial charge in [0.1, 0.15) is 5.82 Å². The number of hydrogen-bond donors (Lipinski definition) is 2. The molecule has 0 aliphatic carbocycles. The zero-order valence-electron chi connectivity index (χ0n) is 14.5. The molecule has 3 rings (SSSR count). The number of aromatic nitrogens is 1. The topological polar surface area (TPSA) is 97.2 Å². The van der Waals surface area contributed by atoms with E-state index in [2.05, 4.69) is 15.6 Å². The number of nitro benzene ring substituents is 1. The molecule has 1 heterocycles. The maximum absolute atomic E-state index is 13.5. The average Bonchev–Trinajstić information content (AvgIpc) is 2.66. The van der Waals surface area contributed by atoms with Gasteiger partial charge in [0.05, 0.1) is 10.3 Å². The minimum absolute atomic E-state index is 0.0154. The fourth-order valence-electron chi connectivity index (χ4n) is 2.70. The Morgan fingerprint density at radius 3 is 2.74 bits per heavy atom. The van der Waals surface area contributed by atoms with Gasteiger partial charge in [-0.2, -0.15) is 0 Å². The summed E-state index contributed by atoms with van der Waals surface area (Å²) < 4.78 is 13.5. The summed E-state index contributed by atoms with van der Waals surface area (Å²) in [7, 11) is 0. The van der Waals surface area contributed by atoms with Crippen LogP contribution in [0.5, 0.6) is 0 Å². The van der Waals surface area contributed by atoms with E-state index in [1.807, 2.05) is 0 Å². The lowest BCUT2D eigenvalue weighted by molar-refractivity contribution is -0.383. The number of hydrogen-bond acceptors (Lipinski definition) is 5. The SMILES string of the molecule is Cc1ccc(C(=O)NCCNc2ccc([N+](=O)[O-])c3cnccc23)cc1F. The molecule has 0 saturated carbocycles. The number of benzene rings is 2. The number of nitrogens with zero attached hydrogens (tertiary/aromatic N) is 2. The van der Waals surface area contributed by atoms with E-state index in [0.717, 1.165) is 0 Å². The maximum Gasteiger partial charge on any atom is 0.278 e. The van der Waals surface area contributed by atoms with E-state index in [9.17, 15) is 19.3 Å². The minimum Gasteiger partial charge on any atom is -0.383 e. The number of carbonyl (C=O) groups excluding carboxylic acids is 1.